The van der Waals surface area contributed by atoms with E-state index in [2.05, 4.69) is 230 Å². The normalized spacial score (nSPS) is 11.8. The number of fused-ring (bicyclic) bond motifs is 5. The van der Waals surface area contributed by atoms with Crippen molar-refractivity contribution in [1.82, 2.24) is 4.57 Å². The van der Waals surface area contributed by atoms with Gasteiger partial charge in [0, 0.05) is 44.4 Å². The molecule has 10 aromatic rings. The molecule has 0 aliphatic carbocycles. The van der Waals surface area contributed by atoms with Crippen molar-refractivity contribution in [2.75, 3.05) is 4.90 Å². The lowest BCUT2D eigenvalue weighted by Crippen LogP contribution is -2.21. The molecule has 0 saturated carbocycles. The highest BCUT2D eigenvalue weighted by Gasteiger charge is 2.22. The van der Waals surface area contributed by atoms with E-state index in [4.69, 9.17) is 0 Å². The molecule has 0 N–H and O–H groups in total. The highest BCUT2D eigenvalue weighted by molar-refractivity contribution is 6.22. The summed E-state index contributed by atoms with van der Waals surface area (Å²) in [7, 11) is 0. The van der Waals surface area contributed by atoms with Gasteiger partial charge in [0.1, 0.15) is 0 Å². The zero-order chi connectivity index (χ0) is 37.8. The Morgan fingerprint density at radius 1 is 0.321 bits per heavy atom. The van der Waals surface area contributed by atoms with Crippen LogP contribution in [0.25, 0.3) is 76.7 Å². The van der Waals surface area contributed by atoms with Gasteiger partial charge >= 0.3 is 0 Å². The van der Waals surface area contributed by atoms with Crippen LogP contribution >= 0.6 is 0 Å². The number of rotatable bonds is 6. The third kappa shape index (κ3) is 5.65. The van der Waals surface area contributed by atoms with Crippen LogP contribution in [0.1, 0.15) is 20.8 Å². The summed E-state index contributed by atoms with van der Waals surface area (Å²) in [6, 6.07) is 73.1. The first-order valence-corrected chi connectivity index (χ1v) is 19.5. The predicted octanol–water partition coefficient (Wildman–Crippen LogP) is 15.3. The molecule has 0 amide bonds. The molecule has 0 bridgehead atoms. The fourth-order valence-corrected chi connectivity index (χ4v) is 8.84. The third-order valence-electron chi connectivity index (χ3n) is 11.2. The number of benzene rings is 9. The zero-order valence-corrected chi connectivity index (χ0v) is 31.9. The van der Waals surface area contributed by atoms with Crippen molar-refractivity contribution in [1.29, 1.82) is 0 Å². The number of aromatic nitrogens is 1. The monoisotopic (exact) mass is 718 g/mol. The van der Waals surface area contributed by atoms with E-state index in [1.54, 1.807) is 0 Å². The van der Waals surface area contributed by atoms with E-state index in [0.29, 0.717) is 0 Å². The third-order valence-corrected chi connectivity index (χ3v) is 11.2. The number of hydrogen-bond donors (Lipinski definition) is 0. The average molecular weight is 719 g/mol. The number of hydrogen-bond acceptors (Lipinski definition) is 1. The zero-order valence-electron chi connectivity index (χ0n) is 31.9. The first-order chi connectivity index (χ1) is 27.4. The maximum absolute atomic E-state index is 2.47. The Bertz CT molecular complexity index is 3030. The van der Waals surface area contributed by atoms with Crippen molar-refractivity contribution in [3.63, 3.8) is 0 Å². The Labute approximate surface area is 328 Å². The van der Waals surface area contributed by atoms with E-state index >= 15 is 0 Å². The van der Waals surface area contributed by atoms with Crippen LogP contribution in [0.4, 0.5) is 17.1 Å². The summed E-state index contributed by atoms with van der Waals surface area (Å²) in [5.74, 6) is 0. The van der Waals surface area contributed by atoms with Gasteiger partial charge in [0.15, 0.2) is 0 Å². The van der Waals surface area contributed by atoms with Crippen LogP contribution < -0.4 is 4.90 Å². The van der Waals surface area contributed by atoms with Crippen molar-refractivity contribution in [2.45, 2.75) is 26.3 Å². The number of nitrogens with zero attached hydrogens (tertiary/aromatic N) is 2. The summed E-state index contributed by atoms with van der Waals surface area (Å²) in [5.41, 5.74) is 13.2. The highest BCUT2D eigenvalue weighted by Crippen LogP contribution is 2.45. The predicted molar refractivity (Wildman–Crippen MR) is 240 cm³/mol. The van der Waals surface area contributed by atoms with Gasteiger partial charge in [-0.2, -0.15) is 0 Å². The van der Waals surface area contributed by atoms with Crippen LogP contribution in [0.15, 0.2) is 200 Å². The van der Waals surface area contributed by atoms with Crippen molar-refractivity contribution >= 4 is 60.4 Å². The summed E-state index contributed by atoms with van der Waals surface area (Å²) < 4.78 is 2.47. The molecule has 0 atom stereocenters. The maximum atomic E-state index is 2.47. The SMILES string of the molecule is CC(C)(C)n1c2ccccc2c2cc(N(c3ccccc3)c3ccc(-c4ccc5c(-c6ccccc6)c6ccccc6c(-c6ccccc6)c5c4)cc3)ccc21. The Balaban J connectivity index is 1.13. The minimum atomic E-state index is -0.0569. The number of para-hydroxylation sites is 2. The van der Waals surface area contributed by atoms with Gasteiger partial charge < -0.3 is 9.47 Å². The quantitative estimate of drug-likeness (QED) is 0.155. The lowest BCUT2D eigenvalue weighted by atomic mass is 9.85. The van der Waals surface area contributed by atoms with Crippen molar-refractivity contribution < 1.29 is 0 Å². The van der Waals surface area contributed by atoms with Crippen LogP contribution in [0, 0.1) is 0 Å². The van der Waals surface area contributed by atoms with Crippen LogP contribution in [0.3, 0.4) is 0 Å². The second kappa shape index (κ2) is 13.4. The van der Waals surface area contributed by atoms with Gasteiger partial charge in [0.2, 0.25) is 0 Å². The first kappa shape index (κ1) is 33.7. The lowest BCUT2D eigenvalue weighted by molar-refractivity contribution is 0.423. The van der Waals surface area contributed by atoms with Gasteiger partial charge in [0.25, 0.3) is 0 Å². The van der Waals surface area contributed by atoms with Crippen LogP contribution in [0.2, 0.25) is 0 Å². The molecule has 2 nitrogen and oxygen atoms in total. The second-order valence-electron chi connectivity index (χ2n) is 15.7. The van der Waals surface area contributed by atoms with Crippen molar-refractivity contribution in [3.05, 3.63) is 200 Å². The Hall–Kier alpha value is -6.90. The van der Waals surface area contributed by atoms with E-state index in [0.717, 1.165) is 17.1 Å². The molecule has 0 aliphatic rings. The molecule has 10 rings (SSSR count). The summed E-state index contributed by atoms with van der Waals surface area (Å²) in [5, 5.41) is 7.58. The molecule has 56 heavy (non-hydrogen) atoms. The molecule has 0 spiro atoms. The topological polar surface area (TPSA) is 8.17 Å². The molecule has 9 aromatic carbocycles. The fourth-order valence-electron chi connectivity index (χ4n) is 8.84. The molecule has 1 heterocycles. The minimum Gasteiger partial charge on any atom is -0.335 e. The second-order valence-corrected chi connectivity index (χ2v) is 15.7. The number of anilines is 3. The van der Waals surface area contributed by atoms with E-state index < -0.39 is 0 Å². The molecule has 0 radical (unpaired) electrons. The van der Waals surface area contributed by atoms with Crippen LogP contribution in [-0.2, 0) is 5.54 Å². The average Bonchev–Trinajstić information content (AvgIpc) is 3.58. The standard InChI is InChI=1S/C54H42N2/c1-54(2,3)56-50-26-16-15-23-44(50)48-36-43(32-34-51(48)56)55(41-21-11-6-12-22-41)42-30-27-37(28-31-42)40-29-33-47-49(35-40)53(39-19-9-5-10-20-39)46-25-14-13-24-45(46)52(47)38-17-7-4-8-18-38/h4-36H,1-3H3. The fraction of sp³-hybridized carbons (Fsp3) is 0.0741. The Kier molecular flexibility index (Phi) is 8.08. The molecule has 1 aromatic heterocycles. The largest absolute Gasteiger partial charge is 0.335 e. The van der Waals surface area contributed by atoms with Crippen LogP contribution in [0.5, 0.6) is 0 Å². The molecule has 0 unspecified atom stereocenters. The summed E-state index contributed by atoms with van der Waals surface area (Å²) in [4.78, 5) is 2.37. The van der Waals surface area contributed by atoms with Gasteiger partial charge in [-0.3, -0.25) is 0 Å². The maximum Gasteiger partial charge on any atom is 0.0497 e. The lowest BCUT2D eigenvalue weighted by Gasteiger charge is -2.27. The summed E-state index contributed by atoms with van der Waals surface area (Å²) in [6.07, 6.45) is 0. The van der Waals surface area contributed by atoms with Crippen molar-refractivity contribution in [2.24, 2.45) is 0 Å². The van der Waals surface area contributed by atoms with E-state index in [-0.39, 0.29) is 5.54 Å². The van der Waals surface area contributed by atoms with E-state index in [9.17, 15) is 0 Å². The minimum absolute atomic E-state index is 0.0569. The van der Waals surface area contributed by atoms with E-state index in [1.165, 1.54) is 76.7 Å². The van der Waals surface area contributed by atoms with Crippen molar-refractivity contribution in [3.8, 4) is 33.4 Å². The summed E-state index contributed by atoms with van der Waals surface area (Å²) in [6.45, 7) is 6.85. The smallest absolute Gasteiger partial charge is 0.0497 e. The van der Waals surface area contributed by atoms with Gasteiger partial charge in [-0.05, 0) is 130 Å². The molecular formula is C54H42N2. The first-order valence-electron chi connectivity index (χ1n) is 19.5. The Morgan fingerprint density at radius 3 is 1.41 bits per heavy atom. The van der Waals surface area contributed by atoms with Gasteiger partial charge in [-0.25, -0.2) is 0 Å². The molecule has 268 valence electrons. The van der Waals surface area contributed by atoms with Gasteiger partial charge in [-0.1, -0.05) is 146 Å². The highest BCUT2D eigenvalue weighted by atomic mass is 15.1. The molecule has 0 fully saturated rings. The van der Waals surface area contributed by atoms with Crippen LogP contribution in [-0.4, -0.2) is 4.57 Å². The molecule has 2 heteroatoms. The Morgan fingerprint density at radius 2 is 0.786 bits per heavy atom. The molecule has 0 saturated heterocycles. The molecule has 0 aliphatic heterocycles. The van der Waals surface area contributed by atoms with Gasteiger partial charge in [-0.15, -0.1) is 0 Å². The van der Waals surface area contributed by atoms with E-state index in [1.807, 2.05) is 0 Å². The van der Waals surface area contributed by atoms with Gasteiger partial charge in [0.05, 0.1) is 0 Å². The molecular weight excluding hydrogens is 677 g/mol. The summed E-state index contributed by atoms with van der Waals surface area (Å²) >= 11 is 0.